The summed E-state index contributed by atoms with van der Waals surface area (Å²) in [4.78, 5) is 20.7. The van der Waals surface area contributed by atoms with Crippen LogP contribution in [0.2, 0.25) is 5.02 Å². The maximum absolute atomic E-state index is 13.4. The van der Waals surface area contributed by atoms with Crippen molar-refractivity contribution < 1.29 is 14.3 Å². The van der Waals surface area contributed by atoms with Crippen LogP contribution < -0.4 is 9.64 Å². The maximum Gasteiger partial charge on any atom is 0.283 e. The summed E-state index contributed by atoms with van der Waals surface area (Å²) in [7, 11) is 1.58. The van der Waals surface area contributed by atoms with Gasteiger partial charge >= 0.3 is 0 Å². The highest BCUT2D eigenvalue weighted by Gasteiger charge is 2.34. The number of methoxy groups -OCH3 is 1. The van der Waals surface area contributed by atoms with Crippen LogP contribution in [0.5, 0.6) is 5.75 Å². The Hall–Kier alpha value is -1.80. The van der Waals surface area contributed by atoms with Crippen molar-refractivity contribution >= 4 is 57.5 Å². The highest BCUT2D eigenvalue weighted by atomic mass is 35.5. The van der Waals surface area contributed by atoms with Gasteiger partial charge in [-0.1, -0.05) is 23.4 Å². The molecule has 5 nitrogen and oxygen atoms in total. The largest absolute Gasteiger partial charge is 0.495 e. The molecule has 4 rings (SSSR count). The number of aliphatic imine (C=N–C) groups is 1. The molecule has 30 heavy (non-hydrogen) atoms. The molecule has 0 aliphatic carbocycles. The number of hydrogen-bond acceptors (Lipinski definition) is 6. The number of aryl methyl sites for hydroxylation is 1. The van der Waals surface area contributed by atoms with E-state index >= 15 is 0 Å². The van der Waals surface area contributed by atoms with Gasteiger partial charge in [-0.05, 0) is 67.5 Å². The molecule has 2 aromatic rings. The lowest BCUT2D eigenvalue weighted by Gasteiger charge is -2.24. The van der Waals surface area contributed by atoms with Crippen LogP contribution in [0.25, 0.3) is 6.08 Å². The maximum atomic E-state index is 13.4. The third kappa shape index (κ3) is 4.59. The Morgan fingerprint density at radius 1 is 1.40 bits per heavy atom. The number of carbonyl (C=O) groups is 1. The van der Waals surface area contributed by atoms with Crippen molar-refractivity contribution in [2.24, 2.45) is 4.99 Å². The van der Waals surface area contributed by atoms with Crippen LogP contribution in [0.15, 0.2) is 40.3 Å². The first-order valence-electron chi connectivity index (χ1n) is 9.83. The molecule has 158 valence electrons. The number of amidine groups is 1. The molecule has 1 amide bonds. The highest BCUT2D eigenvalue weighted by Crippen LogP contribution is 2.38. The molecule has 1 saturated heterocycles. The lowest BCUT2D eigenvalue weighted by Crippen LogP contribution is -2.32. The zero-order valence-corrected chi connectivity index (χ0v) is 19.3. The van der Waals surface area contributed by atoms with Crippen LogP contribution in [0.3, 0.4) is 0 Å². The van der Waals surface area contributed by atoms with Crippen LogP contribution in [0.4, 0.5) is 5.69 Å². The average Bonchev–Trinajstić information content (AvgIpc) is 3.30. The van der Waals surface area contributed by atoms with E-state index in [0.717, 1.165) is 35.6 Å². The summed E-state index contributed by atoms with van der Waals surface area (Å²) in [6.45, 7) is 2.82. The average molecular weight is 463 g/mol. The number of benzene rings is 1. The van der Waals surface area contributed by atoms with Crippen molar-refractivity contribution in [2.45, 2.75) is 32.3 Å². The second-order valence-electron chi connectivity index (χ2n) is 7.15. The Morgan fingerprint density at radius 3 is 2.97 bits per heavy atom. The lowest BCUT2D eigenvalue weighted by molar-refractivity contribution is -0.113. The molecular weight excluding hydrogens is 440 g/mol. The summed E-state index contributed by atoms with van der Waals surface area (Å²) >= 11 is 9.38. The van der Waals surface area contributed by atoms with Crippen molar-refractivity contribution in [2.75, 3.05) is 24.4 Å². The summed E-state index contributed by atoms with van der Waals surface area (Å²) < 4.78 is 11.4. The van der Waals surface area contributed by atoms with Crippen molar-refractivity contribution in [1.82, 2.24) is 0 Å². The van der Waals surface area contributed by atoms with Gasteiger partial charge < -0.3 is 9.47 Å². The zero-order chi connectivity index (χ0) is 21.1. The molecule has 2 aliphatic rings. The number of hydrogen-bond donors (Lipinski definition) is 0. The predicted octanol–water partition coefficient (Wildman–Crippen LogP) is 5.76. The van der Waals surface area contributed by atoms with E-state index in [1.165, 1.54) is 18.2 Å². The molecule has 0 radical (unpaired) electrons. The highest BCUT2D eigenvalue weighted by molar-refractivity contribution is 8.14. The van der Waals surface area contributed by atoms with E-state index < -0.39 is 0 Å². The number of halogens is 1. The first-order valence-corrected chi connectivity index (χ1v) is 12.1. The van der Waals surface area contributed by atoms with Crippen LogP contribution in [0.1, 0.15) is 29.7 Å². The van der Waals surface area contributed by atoms with E-state index in [1.807, 2.05) is 24.4 Å². The van der Waals surface area contributed by atoms with E-state index in [2.05, 4.69) is 0 Å². The van der Waals surface area contributed by atoms with E-state index in [4.69, 9.17) is 26.1 Å². The third-order valence-electron chi connectivity index (χ3n) is 5.05. The van der Waals surface area contributed by atoms with Crippen LogP contribution >= 0.6 is 34.7 Å². The van der Waals surface area contributed by atoms with Gasteiger partial charge in [0.25, 0.3) is 5.91 Å². The summed E-state index contributed by atoms with van der Waals surface area (Å²) in [5.41, 5.74) is 2.13. The molecule has 1 fully saturated rings. The molecule has 3 heterocycles. The molecule has 2 aliphatic heterocycles. The van der Waals surface area contributed by atoms with Crippen molar-refractivity contribution in [1.29, 1.82) is 0 Å². The molecule has 1 atom stereocenters. The number of carbonyl (C=O) groups excluding carboxylic acids is 1. The molecule has 0 N–H and O–H groups in total. The number of thioether (sulfide) groups is 1. The molecule has 1 aromatic carbocycles. The van der Waals surface area contributed by atoms with Crippen molar-refractivity contribution in [3.05, 3.63) is 50.8 Å². The fourth-order valence-electron chi connectivity index (χ4n) is 3.41. The molecular formula is C22H23ClN2O3S2. The monoisotopic (exact) mass is 462 g/mol. The molecule has 1 aromatic heterocycles. The summed E-state index contributed by atoms with van der Waals surface area (Å²) in [5, 5.41) is 3.17. The normalized spacial score (nSPS) is 20.7. The van der Waals surface area contributed by atoms with Gasteiger partial charge in [0.1, 0.15) is 11.4 Å². The minimum Gasteiger partial charge on any atom is -0.495 e. The minimum atomic E-state index is -0.185. The Morgan fingerprint density at radius 2 is 2.27 bits per heavy atom. The lowest BCUT2D eigenvalue weighted by atomic mass is 10.1. The smallest absolute Gasteiger partial charge is 0.283 e. The van der Waals surface area contributed by atoms with Gasteiger partial charge in [-0.15, -0.1) is 11.3 Å². The van der Waals surface area contributed by atoms with E-state index in [-0.39, 0.29) is 12.0 Å². The van der Waals surface area contributed by atoms with Gasteiger partial charge in [-0.3, -0.25) is 4.79 Å². The quantitative estimate of drug-likeness (QED) is 0.529. The standard InChI is InChI=1S/C22H23ClN2O3S2/c1-14-8-10-29-20(14)12-17-21(26)25(18-11-15(23)6-7-19(18)27-2)22(24-17)30-13-16-5-3-4-9-28-16/h6-8,10-12,16H,3-5,9,13H2,1-2H3. The number of amides is 1. The van der Waals surface area contributed by atoms with Gasteiger partial charge in [-0.25, -0.2) is 9.89 Å². The molecule has 0 saturated carbocycles. The number of thiophene rings is 1. The Balaban J connectivity index is 1.68. The zero-order valence-electron chi connectivity index (χ0n) is 16.9. The Labute approximate surface area is 189 Å². The number of ether oxygens (including phenoxy) is 2. The second-order valence-corrected chi connectivity index (χ2v) is 9.52. The number of nitrogens with zero attached hydrogens (tertiary/aromatic N) is 2. The van der Waals surface area contributed by atoms with Gasteiger partial charge in [0.15, 0.2) is 5.17 Å². The second kappa shape index (κ2) is 9.56. The molecule has 0 spiro atoms. The number of anilines is 1. The van der Waals surface area contributed by atoms with Gasteiger partial charge in [0.05, 0.1) is 18.9 Å². The molecule has 0 bridgehead atoms. The molecule has 8 heteroatoms. The number of rotatable bonds is 5. The van der Waals surface area contributed by atoms with Crippen LogP contribution in [-0.2, 0) is 9.53 Å². The molecule has 1 unspecified atom stereocenters. The minimum absolute atomic E-state index is 0.178. The Bertz CT molecular complexity index is 996. The van der Waals surface area contributed by atoms with Crippen molar-refractivity contribution in [3.8, 4) is 5.75 Å². The summed E-state index contributed by atoms with van der Waals surface area (Å²) in [6, 6.07) is 7.29. The SMILES string of the molecule is COc1ccc(Cl)cc1N1C(=O)C(=Cc2sccc2C)N=C1SCC1CCCCO1. The third-order valence-corrected chi connectivity index (χ3v) is 7.32. The summed E-state index contributed by atoms with van der Waals surface area (Å²) in [6.07, 6.45) is 5.35. The summed E-state index contributed by atoms with van der Waals surface area (Å²) in [5.74, 6) is 1.13. The van der Waals surface area contributed by atoms with Gasteiger partial charge in [0.2, 0.25) is 0 Å². The van der Waals surface area contributed by atoms with Crippen LogP contribution in [0, 0.1) is 6.92 Å². The topological polar surface area (TPSA) is 51.1 Å². The fourth-order valence-corrected chi connectivity index (χ4v) is 5.50. The predicted molar refractivity (Wildman–Crippen MR) is 126 cm³/mol. The first kappa shape index (κ1) is 21.4. The van der Waals surface area contributed by atoms with Crippen molar-refractivity contribution in [3.63, 3.8) is 0 Å². The van der Waals surface area contributed by atoms with Gasteiger partial charge in [0, 0.05) is 22.3 Å². The van der Waals surface area contributed by atoms with E-state index in [9.17, 15) is 4.79 Å². The Kier molecular flexibility index (Phi) is 6.83. The fraction of sp³-hybridized carbons (Fsp3) is 0.364. The van der Waals surface area contributed by atoms with Gasteiger partial charge in [-0.2, -0.15) is 0 Å². The first-order chi connectivity index (χ1) is 14.6. The van der Waals surface area contributed by atoms with Crippen LogP contribution in [-0.4, -0.2) is 36.6 Å². The van der Waals surface area contributed by atoms with E-state index in [1.54, 1.807) is 41.5 Å². The van der Waals surface area contributed by atoms with E-state index in [0.29, 0.717) is 27.3 Å².